The lowest BCUT2D eigenvalue weighted by molar-refractivity contribution is -0.138. The van der Waals surface area contributed by atoms with Crippen molar-refractivity contribution in [1.82, 2.24) is 9.80 Å². The van der Waals surface area contributed by atoms with E-state index in [2.05, 4.69) is 30.7 Å². The summed E-state index contributed by atoms with van der Waals surface area (Å²) in [5, 5.41) is 9.04. The lowest BCUT2D eigenvalue weighted by Gasteiger charge is -2.33. The highest BCUT2D eigenvalue weighted by Crippen LogP contribution is 2.24. The van der Waals surface area contributed by atoms with Gasteiger partial charge in [0.25, 0.3) is 0 Å². The first-order valence-corrected chi connectivity index (χ1v) is 6.47. The van der Waals surface area contributed by atoms with Gasteiger partial charge < -0.3 is 14.7 Å². The van der Waals surface area contributed by atoms with Gasteiger partial charge in [-0.15, -0.1) is 0 Å². The van der Waals surface area contributed by atoms with Crippen LogP contribution in [-0.2, 0) is 9.53 Å². The summed E-state index contributed by atoms with van der Waals surface area (Å²) < 4.78 is 5.13. The van der Waals surface area contributed by atoms with Crippen LogP contribution in [0.3, 0.4) is 0 Å². The van der Waals surface area contributed by atoms with E-state index >= 15 is 0 Å². The largest absolute Gasteiger partial charge is 0.481 e. The van der Waals surface area contributed by atoms with Gasteiger partial charge in [-0.1, -0.05) is 13.8 Å². The van der Waals surface area contributed by atoms with Crippen molar-refractivity contribution in [2.75, 3.05) is 46.9 Å². The molecule has 0 amide bonds. The molecule has 0 spiro atoms. The van der Waals surface area contributed by atoms with Gasteiger partial charge in [0, 0.05) is 39.3 Å². The van der Waals surface area contributed by atoms with Gasteiger partial charge in [0.15, 0.2) is 0 Å². The van der Waals surface area contributed by atoms with Gasteiger partial charge in [-0.2, -0.15) is 0 Å². The summed E-state index contributed by atoms with van der Waals surface area (Å²) in [4.78, 5) is 15.5. The van der Waals surface area contributed by atoms with Crippen molar-refractivity contribution in [3.05, 3.63) is 0 Å². The Balaban J connectivity index is 2.77. The Kier molecular flexibility index (Phi) is 5.56. The highest BCUT2D eigenvalue weighted by atomic mass is 16.5. The van der Waals surface area contributed by atoms with E-state index in [0.29, 0.717) is 6.61 Å². The molecule has 5 nitrogen and oxygen atoms in total. The van der Waals surface area contributed by atoms with Crippen molar-refractivity contribution in [2.24, 2.45) is 5.41 Å². The Morgan fingerprint density at radius 3 is 2.67 bits per heavy atom. The Labute approximate surface area is 110 Å². The maximum Gasteiger partial charge on any atom is 0.304 e. The average Bonchev–Trinajstić information content (AvgIpc) is 2.30. The molecule has 0 aliphatic carbocycles. The van der Waals surface area contributed by atoms with Crippen molar-refractivity contribution < 1.29 is 14.6 Å². The van der Waals surface area contributed by atoms with E-state index < -0.39 is 5.97 Å². The van der Waals surface area contributed by atoms with Crippen molar-refractivity contribution in [3.63, 3.8) is 0 Å². The molecule has 0 aromatic rings. The van der Waals surface area contributed by atoms with Crippen LogP contribution in [0.2, 0.25) is 0 Å². The first kappa shape index (κ1) is 15.4. The monoisotopic (exact) mass is 258 g/mol. The van der Waals surface area contributed by atoms with E-state index in [1.54, 1.807) is 7.11 Å². The van der Waals surface area contributed by atoms with Gasteiger partial charge in [0.1, 0.15) is 0 Å². The number of aliphatic carboxylic acids is 1. The summed E-state index contributed by atoms with van der Waals surface area (Å²) in [5.41, 5.74) is 0.176. The van der Waals surface area contributed by atoms with Crippen molar-refractivity contribution in [1.29, 1.82) is 0 Å². The number of hydrogen-bond donors (Lipinski definition) is 1. The summed E-state index contributed by atoms with van der Waals surface area (Å²) in [6.45, 7) is 8.62. The van der Waals surface area contributed by atoms with Crippen LogP contribution in [0.15, 0.2) is 0 Å². The third-order valence-corrected chi connectivity index (χ3v) is 3.36. The third kappa shape index (κ3) is 4.92. The molecule has 106 valence electrons. The van der Waals surface area contributed by atoms with Crippen LogP contribution in [0.1, 0.15) is 20.3 Å². The summed E-state index contributed by atoms with van der Waals surface area (Å²) in [7, 11) is 3.75. The predicted molar refractivity (Wildman–Crippen MR) is 70.8 cm³/mol. The Hall–Kier alpha value is -0.650. The average molecular weight is 258 g/mol. The minimum absolute atomic E-state index is 0.0735. The fourth-order valence-corrected chi connectivity index (χ4v) is 2.86. The first-order valence-electron chi connectivity index (χ1n) is 6.47. The SMILES string of the molecule is COCCN1CC(C)(C)CN(C)CC1CC(=O)O. The topological polar surface area (TPSA) is 53.0 Å². The second kappa shape index (κ2) is 6.50. The highest BCUT2D eigenvalue weighted by molar-refractivity contribution is 5.67. The normalized spacial score (nSPS) is 25.9. The molecule has 1 aliphatic heterocycles. The van der Waals surface area contributed by atoms with Crippen molar-refractivity contribution in [3.8, 4) is 0 Å². The molecule has 1 heterocycles. The molecule has 1 fully saturated rings. The van der Waals surface area contributed by atoms with Crippen molar-refractivity contribution >= 4 is 5.97 Å². The van der Waals surface area contributed by atoms with Gasteiger partial charge in [-0.05, 0) is 12.5 Å². The van der Waals surface area contributed by atoms with Gasteiger partial charge in [-0.3, -0.25) is 9.69 Å². The Morgan fingerprint density at radius 2 is 2.11 bits per heavy atom. The van der Waals surface area contributed by atoms with Gasteiger partial charge >= 0.3 is 5.97 Å². The van der Waals surface area contributed by atoms with Crippen LogP contribution < -0.4 is 0 Å². The summed E-state index contributed by atoms with van der Waals surface area (Å²) in [5.74, 6) is -0.726. The maximum absolute atomic E-state index is 11.0. The van der Waals surface area contributed by atoms with Gasteiger partial charge in [-0.25, -0.2) is 0 Å². The number of methoxy groups -OCH3 is 1. The number of carbonyl (C=O) groups is 1. The molecule has 18 heavy (non-hydrogen) atoms. The Morgan fingerprint density at radius 1 is 1.44 bits per heavy atom. The van der Waals surface area contributed by atoms with E-state index in [9.17, 15) is 4.79 Å². The molecule has 1 unspecified atom stereocenters. The second-order valence-corrected chi connectivity index (χ2v) is 6.08. The fraction of sp³-hybridized carbons (Fsp3) is 0.923. The standard InChI is InChI=1S/C13H26N2O3/c1-13(2)9-14(3)8-11(7-12(16)17)15(10-13)5-6-18-4/h11H,5-10H2,1-4H3,(H,16,17). The van der Waals surface area contributed by atoms with Crippen LogP contribution in [0, 0.1) is 5.41 Å². The van der Waals surface area contributed by atoms with Gasteiger partial charge in [0.05, 0.1) is 13.0 Å². The van der Waals surface area contributed by atoms with Crippen molar-refractivity contribution in [2.45, 2.75) is 26.3 Å². The summed E-state index contributed by atoms with van der Waals surface area (Å²) in [6, 6.07) is 0.0735. The first-order chi connectivity index (χ1) is 8.34. The molecule has 1 saturated heterocycles. The van der Waals surface area contributed by atoms with Gasteiger partial charge in [0.2, 0.25) is 0 Å². The molecular formula is C13H26N2O3. The van der Waals surface area contributed by atoms with Crippen LogP contribution in [0.5, 0.6) is 0 Å². The number of nitrogens with zero attached hydrogens (tertiary/aromatic N) is 2. The quantitative estimate of drug-likeness (QED) is 0.788. The van der Waals surface area contributed by atoms with E-state index in [1.807, 2.05) is 0 Å². The smallest absolute Gasteiger partial charge is 0.304 e. The zero-order valence-electron chi connectivity index (χ0n) is 12.0. The number of likely N-dealkylation sites (N-methyl/N-ethyl adjacent to an activating group) is 1. The molecule has 0 radical (unpaired) electrons. The number of carboxylic acid groups (broad SMARTS) is 1. The molecular weight excluding hydrogens is 232 g/mol. The third-order valence-electron chi connectivity index (χ3n) is 3.36. The molecule has 1 aliphatic rings. The molecule has 1 atom stereocenters. The van der Waals surface area contributed by atoms with E-state index in [1.165, 1.54) is 0 Å². The highest BCUT2D eigenvalue weighted by Gasteiger charge is 2.33. The molecule has 5 heteroatoms. The number of ether oxygens (including phenoxy) is 1. The van der Waals surface area contributed by atoms with Crippen LogP contribution in [0.4, 0.5) is 0 Å². The molecule has 0 bridgehead atoms. The number of carboxylic acids is 1. The van der Waals surface area contributed by atoms with E-state index in [0.717, 1.165) is 26.2 Å². The molecule has 0 saturated carbocycles. The minimum atomic E-state index is -0.726. The zero-order valence-corrected chi connectivity index (χ0v) is 12.0. The molecule has 1 N–H and O–H groups in total. The zero-order chi connectivity index (χ0) is 13.8. The summed E-state index contributed by atoms with van der Waals surface area (Å²) in [6.07, 6.45) is 0.199. The number of hydrogen-bond acceptors (Lipinski definition) is 4. The van der Waals surface area contributed by atoms with Crippen LogP contribution >= 0.6 is 0 Å². The van der Waals surface area contributed by atoms with Crippen LogP contribution in [-0.4, -0.2) is 73.9 Å². The fourth-order valence-electron chi connectivity index (χ4n) is 2.86. The summed E-state index contributed by atoms with van der Waals surface area (Å²) >= 11 is 0. The minimum Gasteiger partial charge on any atom is -0.481 e. The van der Waals surface area contributed by atoms with E-state index in [-0.39, 0.29) is 17.9 Å². The molecule has 0 aromatic carbocycles. The second-order valence-electron chi connectivity index (χ2n) is 6.08. The molecule has 1 rings (SSSR count). The predicted octanol–water partition coefficient (Wildman–Crippen LogP) is 0.750. The van der Waals surface area contributed by atoms with Crippen LogP contribution in [0.25, 0.3) is 0 Å². The lowest BCUT2D eigenvalue weighted by Crippen LogP contribution is -2.44. The maximum atomic E-state index is 11.0. The Bertz CT molecular complexity index is 281. The lowest BCUT2D eigenvalue weighted by atomic mass is 9.92. The molecule has 0 aromatic heterocycles. The number of rotatable bonds is 5. The van der Waals surface area contributed by atoms with E-state index in [4.69, 9.17) is 9.84 Å².